The number of hydrogen-bond donors (Lipinski definition) is 2. The Hall–Kier alpha value is -2.07. The molecule has 20 heavy (non-hydrogen) atoms. The number of nitrogens with one attached hydrogen (secondary N) is 1. The largest absolute Gasteiger partial charge is 0.398 e. The molecule has 0 spiro atoms. The summed E-state index contributed by atoms with van der Waals surface area (Å²) in [5.41, 5.74) is 7.09. The van der Waals surface area contributed by atoms with Crippen molar-refractivity contribution in [1.82, 2.24) is 5.32 Å². The van der Waals surface area contributed by atoms with Crippen LogP contribution in [0.2, 0.25) is 5.02 Å². The molecule has 0 saturated heterocycles. The summed E-state index contributed by atoms with van der Waals surface area (Å²) in [4.78, 5) is 11.9. The van der Waals surface area contributed by atoms with Crippen molar-refractivity contribution >= 4 is 23.2 Å². The van der Waals surface area contributed by atoms with Crippen LogP contribution in [0.3, 0.4) is 0 Å². The molecule has 0 bridgehead atoms. The number of hydrogen-bond acceptors (Lipinski definition) is 2. The van der Waals surface area contributed by atoms with E-state index in [0.29, 0.717) is 18.0 Å². The maximum Gasteiger partial charge on any atom is 0.253 e. The molecule has 3 nitrogen and oxygen atoms in total. The standard InChI is InChI=1S/C15H14ClFN2O/c16-11-3-1-10(2-4-11)7-8-19-15(20)13-6-5-12(17)9-14(13)18/h1-6,9H,7-8,18H2,(H,19,20). The Morgan fingerprint density at radius 2 is 1.90 bits per heavy atom. The summed E-state index contributed by atoms with van der Waals surface area (Å²) >= 11 is 5.79. The van der Waals surface area contributed by atoms with E-state index in [2.05, 4.69) is 5.32 Å². The lowest BCUT2D eigenvalue weighted by atomic mass is 10.1. The molecule has 0 aliphatic heterocycles. The van der Waals surface area contributed by atoms with Gasteiger partial charge in [-0.2, -0.15) is 0 Å². The molecule has 0 fully saturated rings. The predicted octanol–water partition coefficient (Wildman–Crippen LogP) is 3.03. The van der Waals surface area contributed by atoms with Crippen LogP contribution in [0.5, 0.6) is 0 Å². The highest BCUT2D eigenvalue weighted by Gasteiger charge is 2.09. The second kappa shape index (κ2) is 6.39. The minimum atomic E-state index is -0.458. The molecule has 104 valence electrons. The molecule has 5 heteroatoms. The van der Waals surface area contributed by atoms with E-state index in [0.717, 1.165) is 11.6 Å². The number of nitrogens with two attached hydrogens (primary N) is 1. The number of amides is 1. The van der Waals surface area contributed by atoms with Gasteiger partial charge in [-0.15, -0.1) is 0 Å². The van der Waals surface area contributed by atoms with Gasteiger partial charge in [-0.1, -0.05) is 23.7 Å². The van der Waals surface area contributed by atoms with Gasteiger partial charge in [-0.3, -0.25) is 4.79 Å². The molecule has 2 rings (SSSR count). The van der Waals surface area contributed by atoms with Crippen LogP contribution in [-0.4, -0.2) is 12.5 Å². The van der Waals surface area contributed by atoms with E-state index in [1.165, 1.54) is 12.1 Å². The van der Waals surface area contributed by atoms with E-state index in [-0.39, 0.29) is 17.2 Å². The van der Waals surface area contributed by atoms with E-state index >= 15 is 0 Å². The number of benzene rings is 2. The van der Waals surface area contributed by atoms with Crippen molar-refractivity contribution in [2.75, 3.05) is 12.3 Å². The fourth-order valence-corrected chi connectivity index (χ4v) is 1.93. The van der Waals surface area contributed by atoms with Crippen LogP contribution in [0.15, 0.2) is 42.5 Å². The lowest BCUT2D eigenvalue weighted by molar-refractivity contribution is 0.0955. The number of carbonyl (C=O) groups is 1. The highest BCUT2D eigenvalue weighted by molar-refractivity contribution is 6.30. The van der Waals surface area contributed by atoms with Crippen LogP contribution < -0.4 is 11.1 Å². The lowest BCUT2D eigenvalue weighted by Crippen LogP contribution is -2.26. The van der Waals surface area contributed by atoms with Gasteiger partial charge in [0.1, 0.15) is 5.82 Å². The van der Waals surface area contributed by atoms with Gasteiger partial charge < -0.3 is 11.1 Å². The predicted molar refractivity (Wildman–Crippen MR) is 78.3 cm³/mol. The second-order valence-electron chi connectivity index (χ2n) is 4.36. The first kappa shape index (κ1) is 14.3. The normalized spacial score (nSPS) is 10.3. The topological polar surface area (TPSA) is 55.1 Å². The highest BCUT2D eigenvalue weighted by atomic mass is 35.5. The summed E-state index contributed by atoms with van der Waals surface area (Å²) in [6, 6.07) is 11.1. The van der Waals surface area contributed by atoms with E-state index in [4.69, 9.17) is 17.3 Å². The Labute approximate surface area is 121 Å². The number of anilines is 1. The van der Waals surface area contributed by atoms with Gasteiger partial charge >= 0.3 is 0 Å². The maximum absolute atomic E-state index is 12.9. The van der Waals surface area contributed by atoms with Gasteiger partial charge in [0.15, 0.2) is 0 Å². The van der Waals surface area contributed by atoms with Gasteiger partial charge in [0.2, 0.25) is 0 Å². The van der Waals surface area contributed by atoms with E-state index in [9.17, 15) is 9.18 Å². The number of halogens is 2. The summed E-state index contributed by atoms with van der Waals surface area (Å²) in [7, 11) is 0. The van der Waals surface area contributed by atoms with Crippen molar-refractivity contribution < 1.29 is 9.18 Å². The Morgan fingerprint density at radius 1 is 1.20 bits per heavy atom. The van der Waals surface area contributed by atoms with Crippen LogP contribution >= 0.6 is 11.6 Å². The zero-order valence-corrected chi connectivity index (χ0v) is 11.5. The van der Waals surface area contributed by atoms with Crippen molar-refractivity contribution in [3.8, 4) is 0 Å². The van der Waals surface area contributed by atoms with Crippen LogP contribution in [-0.2, 0) is 6.42 Å². The minimum Gasteiger partial charge on any atom is -0.398 e. The second-order valence-corrected chi connectivity index (χ2v) is 4.80. The zero-order chi connectivity index (χ0) is 14.5. The zero-order valence-electron chi connectivity index (χ0n) is 10.7. The van der Waals surface area contributed by atoms with Crippen LogP contribution in [0, 0.1) is 5.82 Å². The molecule has 1 amide bonds. The summed E-state index contributed by atoms with van der Waals surface area (Å²) in [6.45, 7) is 0.470. The molecule has 0 saturated carbocycles. The summed E-state index contributed by atoms with van der Waals surface area (Å²) in [6.07, 6.45) is 0.685. The van der Waals surface area contributed by atoms with Crippen LogP contribution in [0.25, 0.3) is 0 Å². The molecule has 0 heterocycles. The van der Waals surface area contributed by atoms with E-state index in [1.807, 2.05) is 12.1 Å². The smallest absolute Gasteiger partial charge is 0.253 e. The molecule has 0 radical (unpaired) electrons. The average molecular weight is 293 g/mol. The van der Waals surface area contributed by atoms with Crippen LogP contribution in [0.4, 0.5) is 10.1 Å². The Balaban J connectivity index is 1.90. The van der Waals surface area contributed by atoms with Crippen molar-refractivity contribution in [2.24, 2.45) is 0 Å². The van der Waals surface area contributed by atoms with Gasteiger partial charge in [-0.25, -0.2) is 4.39 Å². The Kier molecular flexibility index (Phi) is 4.58. The Morgan fingerprint density at radius 3 is 2.55 bits per heavy atom. The molecule has 2 aromatic rings. The molecule has 0 aliphatic rings. The van der Waals surface area contributed by atoms with Crippen molar-refractivity contribution in [3.05, 3.63) is 64.4 Å². The first-order valence-electron chi connectivity index (χ1n) is 6.14. The van der Waals surface area contributed by atoms with Gasteiger partial charge in [-0.05, 0) is 42.3 Å². The maximum atomic E-state index is 12.9. The monoisotopic (exact) mass is 292 g/mol. The highest BCUT2D eigenvalue weighted by Crippen LogP contribution is 2.13. The number of rotatable bonds is 4. The van der Waals surface area contributed by atoms with Gasteiger partial charge in [0.05, 0.1) is 5.56 Å². The molecule has 0 atom stereocenters. The Bertz CT molecular complexity index is 614. The average Bonchev–Trinajstić information content (AvgIpc) is 2.41. The molecule has 2 aromatic carbocycles. The summed E-state index contributed by atoms with van der Waals surface area (Å²) < 4.78 is 12.9. The molecule has 0 aliphatic carbocycles. The third kappa shape index (κ3) is 3.71. The van der Waals surface area contributed by atoms with E-state index in [1.54, 1.807) is 12.1 Å². The fourth-order valence-electron chi connectivity index (χ4n) is 1.81. The quantitative estimate of drug-likeness (QED) is 0.851. The third-order valence-corrected chi connectivity index (χ3v) is 3.12. The first-order valence-corrected chi connectivity index (χ1v) is 6.52. The first-order chi connectivity index (χ1) is 9.56. The van der Waals surface area contributed by atoms with Crippen molar-refractivity contribution in [2.45, 2.75) is 6.42 Å². The lowest BCUT2D eigenvalue weighted by Gasteiger charge is -2.07. The van der Waals surface area contributed by atoms with Crippen LogP contribution in [0.1, 0.15) is 15.9 Å². The number of carbonyl (C=O) groups excluding carboxylic acids is 1. The van der Waals surface area contributed by atoms with Gasteiger partial charge in [0, 0.05) is 17.3 Å². The molecular weight excluding hydrogens is 279 g/mol. The number of nitrogen functional groups attached to an aromatic ring is 1. The SMILES string of the molecule is Nc1cc(F)ccc1C(=O)NCCc1ccc(Cl)cc1. The summed E-state index contributed by atoms with van der Waals surface area (Å²) in [5.74, 6) is -0.767. The van der Waals surface area contributed by atoms with Gasteiger partial charge in [0.25, 0.3) is 5.91 Å². The molecule has 3 N–H and O–H groups in total. The van der Waals surface area contributed by atoms with Crippen molar-refractivity contribution in [1.29, 1.82) is 0 Å². The molecule has 0 aromatic heterocycles. The molecule has 0 unspecified atom stereocenters. The fraction of sp³-hybridized carbons (Fsp3) is 0.133. The minimum absolute atomic E-state index is 0.133. The third-order valence-electron chi connectivity index (χ3n) is 2.87. The van der Waals surface area contributed by atoms with E-state index < -0.39 is 5.82 Å². The summed E-state index contributed by atoms with van der Waals surface area (Å²) in [5, 5.41) is 3.43. The molecular formula is C15H14ClFN2O. The van der Waals surface area contributed by atoms with Crippen molar-refractivity contribution in [3.63, 3.8) is 0 Å².